The lowest BCUT2D eigenvalue weighted by Gasteiger charge is -2.21. The quantitative estimate of drug-likeness (QED) is 0.652. The van der Waals surface area contributed by atoms with Crippen LogP contribution in [0.2, 0.25) is 0 Å². The molecule has 0 aliphatic rings. The Balaban J connectivity index is 2.60. The molecule has 0 spiro atoms. The molecule has 0 fully saturated rings. The summed E-state index contributed by atoms with van der Waals surface area (Å²) < 4.78 is 5.79. The molecule has 1 aromatic carbocycles. The molecule has 20 heavy (non-hydrogen) atoms. The number of hydrogen-bond acceptors (Lipinski definition) is 4. The standard InChI is InChI=1S/C15H18N2O3/c1-9-7-12(14(18)17-19)11-8-10(20-15(2,3)4)5-6-13(11)16-9/h5-8,19H,1-4H3,(H,17,18). The van der Waals surface area contributed by atoms with Gasteiger partial charge in [0.2, 0.25) is 0 Å². The van der Waals surface area contributed by atoms with E-state index in [4.69, 9.17) is 9.94 Å². The van der Waals surface area contributed by atoms with Crippen LogP contribution in [-0.4, -0.2) is 21.7 Å². The Kier molecular flexibility index (Phi) is 3.63. The molecule has 0 saturated carbocycles. The summed E-state index contributed by atoms with van der Waals surface area (Å²) in [6.45, 7) is 7.65. The molecular weight excluding hydrogens is 256 g/mol. The number of rotatable bonds is 2. The van der Waals surface area contributed by atoms with E-state index < -0.39 is 5.91 Å². The number of hydrogen-bond donors (Lipinski definition) is 2. The first kappa shape index (κ1) is 14.3. The summed E-state index contributed by atoms with van der Waals surface area (Å²) >= 11 is 0. The normalized spacial score (nSPS) is 11.4. The van der Waals surface area contributed by atoms with Gasteiger partial charge in [0.1, 0.15) is 11.4 Å². The molecule has 2 rings (SSSR count). The highest BCUT2D eigenvalue weighted by molar-refractivity contribution is 6.06. The molecule has 0 aliphatic heterocycles. The second-order valence-electron chi connectivity index (χ2n) is 5.65. The lowest BCUT2D eigenvalue weighted by atomic mass is 10.1. The zero-order valence-electron chi connectivity index (χ0n) is 12.0. The van der Waals surface area contributed by atoms with Crippen LogP contribution in [0.5, 0.6) is 5.75 Å². The van der Waals surface area contributed by atoms with Crippen molar-refractivity contribution in [2.75, 3.05) is 0 Å². The van der Waals surface area contributed by atoms with E-state index in [1.165, 1.54) is 0 Å². The molecule has 2 N–H and O–H groups in total. The maximum Gasteiger partial charge on any atom is 0.275 e. The van der Waals surface area contributed by atoms with Gasteiger partial charge in [-0.05, 0) is 52.0 Å². The summed E-state index contributed by atoms with van der Waals surface area (Å²) in [6.07, 6.45) is 0. The van der Waals surface area contributed by atoms with Crippen molar-refractivity contribution in [2.45, 2.75) is 33.3 Å². The van der Waals surface area contributed by atoms with E-state index in [-0.39, 0.29) is 5.60 Å². The fraction of sp³-hybridized carbons (Fsp3) is 0.333. The highest BCUT2D eigenvalue weighted by Crippen LogP contribution is 2.26. The van der Waals surface area contributed by atoms with Crippen LogP contribution in [0.15, 0.2) is 24.3 Å². The molecule has 1 heterocycles. The number of carbonyl (C=O) groups excluding carboxylic acids is 1. The Morgan fingerprint density at radius 1 is 1.30 bits per heavy atom. The zero-order valence-corrected chi connectivity index (χ0v) is 12.0. The van der Waals surface area contributed by atoms with Gasteiger partial charge in [0.25, 0.3) is 5.91 Å². The number of pyridine rings is 1. The molecule has 1 aromatic heterocycles. The summed E-state index contributed by atoms with van der Waals surface area (Å²) in [5.41, 5.74) is 3.10. The van der Waals surface area contributed by atoms with Crippen molar-refractivity contribution in [2.24, 2.45) is 0 Å². The Hall–Kier alpha value is -2.14. The van der Waals surface area contributed by atoms with Crippen molar-refractivity contribution in [1.29, 1.82) is 0 Å². The number of amides is 1. The highest BCUT2D eigenvalue weighted by Gasteiger charge is 2.15. The van der Waals surface area contributed by atoms with E-state index in [0.29, 0.717) is 27.9 Å². The minimum atomic E-state index is -0.562. The molecule has 1 amide bonds. The van der Waals surface area contributed by atoms with Crippen LogP contribution in [0.25, 0.3) is 10.9 Å². The maximum absolute atomic E-state index is 11.7. The summed E-state index contributed by atoms with van der Waals surface area (Å²) in [7, 11) is 0. The SMILES string of the molecule is Cc1cc(C(=O)NO)c2cc(OC(C)(C)C)ccc2n1. The number of carbonyl (C=O) groups is 1. The van der Waals surface area contributed by atoms with Gasteiger partial charge in [0, 0.05) is 11.1 Å². The third kappa shape index (κ3) is 3.05. The predicted molar refractivity (Wildman–Crippen MR) is 76.1 cm³/mol. The molecule has 5 heteroatoms. The molecule has 0 bridgehead atoms. The van der Waals surface area contributed by atoms with E-state index in [9.17, 15) is 4.79 Å². The van der Waals surface area contributed by atoms with Crippen molar-refractivity contribution in [3.05, 3.63) is 35.5 Å². The van der Waals surface area contributed by atoms with Crippen LogP contribution in [0.1, 0.15) is 36.8 Å². The number of aryl methyl sites for hydroxylation is 1. The number of nitrogens with one attached hydrogen (secondary N) is 1. The summed E-state index contributed by atoms with van der Waals surface area (Å²) in [4.78, 5) is 16.1. The largest absolute Gasteiger partial charge is 0.488 e. The van der Waals surface area contributed by atoms with Crippen molar-refractivity contribution in [3.8, 4) is 5.75 Å². The lowest BCUT2D eigenvalue weighted by Crippen LogP contribution is -2.23. The van der Waals surface area contributed by atoms with Crippen molar-refractivity contribution >= 4 is 16.8 Å². The summed E-state index contributed by atoms with van der Waals surface area (Å²) in [6, 6.07) is 7.02. The Labute approximate surface area is 117 Å². The summed E-state index contributed by atoms with van der Waals surface area (Å²) in [5, 5.41) is 9.49. The number of benzene rings is 1. The average molecular weight is 274 g/mol. The Morgan fingerprint density at radius 2 is 2.00 bits per heavy atom. The van der Waals surface area contributed by atoms with Crippen LogP contribution < -0.4 is 10.2 Å². The molecule has 2 aromatic rings. The van der Waals surface area contributed by atoms with Crippen molar-refractivity contribution in [1.82, 2.24) is 10.5 Å². The number of fused-ring (bicyclic) bond motifs is 1. The van der Waals surface area contributed by atoms with Crippen LogP contribution in [-0.2, 0) is 0 Å². The van der Waals surface area contributed by atoms with Gasteiger partial charge in [-0.15, -0.1) is 0 Å². The molecule has 0 atom stereocenters. The monoisotopic (exact) mass is 274 g/mol. The minimum absolute atomic E-state index is 0.328. The third-order valence-electron chi connectivity index (χ3n) is 2.68. The van der Waals surface area contributed by atoms with Gasteiger partial charge in [-0.2, -0.15) is 0 Å². The van der Waals surface area contributed by atoms with Crippen LogP contribution in [0.4, 0.5) is 0 Å². The molecule has 0 saturated heterocycles. The smallest absolute Gasteiger partial charge is 0.275 e. The van der Waals surface area contributed by atoms with Gasteiger partial charge < -0.3 is 4.74 Å². The first-order valence-electron chi connectivity index (χ1n) is 6.35. The van der Waals surface area contributed by atoms with E-state index >= 15 is 0 Å². The molecule has 106 valence electrons. The predicted octanol–water partition coefficient (Wildman–Crippen LogP) is 2.84. The van der Waals surface area contributed by atoms with Gasteiger partial charge >= 0.3 is 0 Å². The van der Waals surface area contributed by atoms with Gasteiger partial charge in [0.05, 0.1) is 11.1 Å². The van der Waals surface area contributed by atoms with E-state index in [1.54, 1.807) is 30.6 Å². The van der Waals surface area contributed by atoms with Crippen molar-refractivity contribution in [3.63, 3.8) is 0 Å². The maximum atomic E-state index is 11.7. The van der Waals surface area contributed by atoms with E-state index in [0.717, 1.165) is 0 Å². The zero-order chi connectivity index (χ0) is 14.9. The van der Waals surface area contributed by atoms with Crippen LogP contribution in [0.3, 0.4) is 0 Å². The topological polar surface area (TPSA) is 71.5 Å². The van der Waals surface area contributed by atoms with Gasteiger partial charge in [-0.3, -0.25) is 15.0 Å². The molecule has 0 radical (unpaired) electrons. The molecule has 0 aliphatic carbocycles. The first-order valence-corrected chi connectivity index (χ1v) is 6.35. The van der Waals surface area contributed by atoms with E-state index in [2.05, 4.69) is 4.98 Å². The van der Waals surface area contributed by atoms with Gasteiger partial charge in [0.15, 0.2) is 0 Å². The summed E-state index contributed by atoms with van der Waals surface area (Å²) in [5.74, 6) is 0.0936. The van der Waals surface area contributed by atoms with Crippen LogP contribution in [0, 0.1) is 6.92 Å². The number of nitrogens with zero attached hydrogens (tertiary/aromatic N) is 1. The fourth-order valence-corrected chi connectivity index (χ4v) is 2.00. The van der Waals surface area contributed by atoms with Crippen molar-refractivity contribution < 1.29 is 14.7 Å². The number of aromatic nitrogens is 1. The lowest BCUT2D eigenvalue weighted by molar-refractivity contribution is 0.0708. The molecule has 0 unspecified atom stereocenters. The van der Waals surface area contributed by atoms with Gasteiger partial charge in [-0.1, -0.05) is 0 Å². The highest BCUT2D eigenvalue weighted by atomic mass is 16.5. The second-order valence-corrected chi connectivity index (χ2v) is 5.65. The van der Waals surface area contributed by atoms with E-state index in [1.807, 2.05) is 26.8 Å². The molecule has 5 nitrogen and oxygen atoms in total. The Bertz CT molecular complexity index is 660. The first-order chi connectivity index (χ1) is 9.30. The number of hydroxylamine groups is 1. The minimum Gasteiger partial charge on any atom is -0.488 e. The average Bonchev–Trinajstić information content (AvgIpc) is 2.35. The van der Waals surface area contributed by atoms with Crippen LogP contribution >= 0.6 is 0 Å². The molecular formula is C15H18N2O3. The number of ether oxygens (including phenoxy) is 1. The third-order valence-corrected chi connectivity index (χ3v) is 2.68. The van der Waals surface area contributed by atoms with Gasteiger partial charge in [-0.25, -0.2) is 5.48 Å². The second kappa shape index (κ2) is 5.09. The fourth-order valence-electron chi connectivity index (χ4n) is 2.00. The Morgan fingerprint density at radius 3 is 2.60 bits per heavy atom.